The van der Waals surface area contributed by atoms with Gasteiger partial charge in [-0.15, -0.1) is 0 Å². The van der Waals surface area contributed by atoms with Crippen molar-refractivity contribution in [3.05, 3.63) is 50.5 Å². The number of hydrogen-bond acceptors (Lipinski definition) is 6. The Morgan fingerprint density at radius 1 is 1.33 bits per heavy atom. The van der Waals surface area contributed by atoms with Gasteiger partial charge >= 0.3 is 0 Å². The van der Waals surface area contributed by atoms with E-state index in [2.05, 4.69) is 9.88 Å². The fourth-order valence-corrected chi connectivity index (χ4v) is 4.53. The Hall–Kier alpha value is -1.67. The first-order valence-corrected chi connectivity index (χ1v) is 10.1. The summed E-state index contributed by atoms with van der Waals surface area (Å²) in [6, 6.07) is 5.49. The van der Waals surface area contributed by atoms with E-state index in [0.29, 0.717) is 40.1 Å². The standard InChI is InChI=1S/C18H18Cl2N4O2S/c1-18(2)9-23(6-7-26-18)17-22-15-14(27-17)16(25)21-10-24(15)8-11-4-3-5-12(19)13(11)20/h3-5,10H,6-9H2,1-2H3. The Bertz CT molecular complexity index is 1060. The zero-order valence-electron chi connectivity index (χ0n) is 14.9. The summed E-state index contributed by atoms with van der Waals surface area (Å²) in [4.78, 5) is 23.2. The van der Waals surface area contributed by atoms with Gasteiger partial charge in [0, 0.05) is 13.1 Å². The van der Waals surface area contributed by atoms with Gasteiger partial charge < -0.3 is 14.2 Å². The molecule has 142 valence electrons. The van der Waals surface area contributed by atoms with Gasteiger partial charge in [-0.05, 0) is 25.5 Å². The minimum Gasteiger partial charge on any atom is -0.372 e. The summed E-state index contributed by atoms with van der Waals surface area (Å²) in [5.41, 5.74) is 0.932. The monoisotopic (exact) mass is 424 g/mol. The number of thiazole rings is 1. The molecule has 0 aliphatic carbocycles. The third-order valence-corrected chi connectivity index (χ3v) is 6.40. The number of aromatic nitrogens is 3. The van der Waals surface area contributed by atoms with Crippen LogP contribution in [0.1, 0.15) is 19.4 Å². The average Bonchev–Trinajstić information content (AvgIpc) is 3.07. The summed E-state index contributed by atoms with van der Waals surface area (Å²) < 4.78 is 8.14. The molecule has 1 aliphatic heterocycles. The van der Waals surface area contributed by atoms with Crippen LogP contribution >= 0.6 is 34.5 Å². The zero-order valence-corrected chi connectivity index (χ0v) is 17.2. The van der Waals surface area contributed by atoms with Crippen molar-refractivity contribution in [1.82, 2.24) is 14.5 Å². The molecule has 6 nitrogen and oxygen atoms in total. The highest BCUT2D eigenvalue weighted by Crippen LogP contribution is 2.31. The molecule has 1 aliphatic rings. The molecule has 3 heterocycles. The number of anilines is 1. The molecule has 27 heavy (non-hydrogen) atoms. The predicted octanol–water partition coefficient (Wildman–Crippen LogP) is 3.82. The summed E-state index contributed by atoms with van der Waals surface area (Å²) >= 11 is 13.8. The zero-order chi connectivity index (χ0) is 19.2. The molecule has 3 aromatic rings. The predicted molar refractivity (Wildman–Crippen MR) is 109 cm³/mol. The lowest BCUT2D eigenvalue weighted by Gasteiger charge is -2.37. The van der Waals surface area contributed by atoms with Crippen molar-refractivity contribution in [3.8, 4) is 0 Å². The third kappa shape index (κ3) is 3.69. The molecule has 1 saturated heterocycles. The van der Waals surface area contributed by atoms with Crippen molar-refractivity contribution < 1.29 is 4.74 Å². The fraction of sp³-hybridized carbons (Fsp3) is 0.389. The van der Waals surface area contributed by atoms with E-state index >= 15 is 0 Å². The van der Waals surface area contributed by atoms with Gasteiger partial charge in [0.2, 0.25) is 0 Å². The van der Waals surface area contributed by atoms with Crippen LogP contribution in [-0.4, -0.2) is 39.8 Å². The Morgan fingerprint density at radius 3 is 2.93 bits per heavy atom. The van der Waals surface area contributed by atoms with E-state index in [-0.39, 0.29) is 11.2 Å². The van der Waals surface area contributed by atoms with Gasteiger partial charge in [-0.1, -0.05) is 46.7 Å². The van der Waals surface area contributed by atoms with Crippen LogP contribution in [0.15, 0.2) is 29.3 Å². The molecule has 1 fully saturated rings. The van der Waals surface area contributed by atoms with E-state index in [1.54, 1.807) is 6.07 Å². The summed E-state index contributed by atoms with van der Waals surface area (Å²) in [7, 11) is 0. The molecular formula is C18H18Cl2N4O2S. The van der Waals surface area contributed by atoms with Gasteiger partial charge in [0.1, 0.15) is 11.0 Å². The topological polar surface area (TPSA) is 60.2 Å². The van der Waals surface area contributed by atoms with E-state index in [9.17, 15) is 4.79 Å². The Labute approximate surface area is 170 Å². The van der Waals surface area contributed by atoms with Crippen LogP contribution in [0.3, 0.4) is 0 Å². The number of halogens is 2. The summed E-state index contributed by atoms with van der Waals surface area (Å²) in [5, 5.41) is 1.79. The molecule has 0 N–H and O–H groups in total. The van der Waals surface area contributed by atoms with Crippen LogP contribution < -0.4 is 10.5 Å². The van der Waals surface area contributed by atoms with Crippen LogP contribution in [0, 0.1) is 0 Å². The number of hydrogen-bond donors (Lipinski definition) is 0. The highest BCUT2D eigenvalue weighted by Gasteiger charge is 2.29. The maximum Gasteiger partial charge on any atom is 0.292 e. The number of benzene rings is 1. The molecule has 0 radical (unpaired) electrons. The molecule has 4 rings (SSSR count). The first kappa shape index (κ1) is 18.7. The maximum atomic E-state index is 12.3. The molecular weight excluding hydrogens is 407 g/mol. The number of nitrogens with zero attached hydrogens (tertiary/aromatic N) is 4. The second kappa shape index (κ2) is 7.05. The van der Waals surface area contributed by atoms with Crippen molar-refractivity contribution >= 4 is 50.0 Å². The number of ether oxygens (including phenoxy) is 1. The maximum absolute atomic E-state index is 12.3. The minimum absolute atomic E-state index is 0.251. The second-order valence-electron chi connectivity index (χ2n) is 7.07. The Morgan fingerprint density at radius 2 is 2.15 bits per heavy atom. The van der Waals surface area contributed by atoms with Crippen molar-refractivity contribution in [2.45, 2.75) is 26.0 Å². The van der Waals surface area contributed by atoms with E-state index < -0.39 is 0 Å². The van der Waals surface area contributed by atoms with Gasteiger partial charge in [-0.3, -0.25) is 4.79 Å². The van der Waals surface area contributed by atoms with Crippen molar-refractivity contribution in [2.24, 2.45) is 0 Å². The quantitative estimate of drug-likeness (QED) is 0.639. The highest BCUT2D eigenvalue weighted by atomic mass is 35.5. The summed E-state index contributed by atoms with van der Waals surface area (Å²) in [6.45, 7) is 6.62. The molecule has 0 amide bonds. The lowest BCUT2D eigenvalue weighted by molar-refractivity contribution is -0.0276. The molecule has 0 saturated carbocycles. The van der Waals surface area contributed by atoms with Crippen molar-refractivity contribution in [2.75, 3.05) is 24.6 Å². The van der Waals surface area contributed by atoms with Gasteiger partial charge in [-0.25, -0.2) is 4.98 Å². The third-order valence-electron chi connectivity index (χ3n) is 4.45. The van der Waals surface area contributed by atoms with E-state index in [1.165, 1.54) is 17.7 Å². The smallest absolute Gasteiger partial charge is 0.292 e. The van der Waals surface area contributed by atoms with Crippen molar-refractivity contribution in [3.63, 3.8) is 0 Å². The fourth-order valence-electron chi connectivity index (χ4n) is 3.16. The molecule has 0 spiro atoms. The van der Waals surface area contributed by atoms with Gasteiger partial charge in [-0.2, -0.15) is 4.98 Å². The van der Waals surface area contributed by atoms with Crippen molar-refractivity contribution in [1.29, 1.82) is 0 Å². The van der Waals surface area contributed by atoms with Gasteiger partial charge in [0.15, 0.2) is 10.8 Å². The SMILES string of the molecule is CC1(C)CN(c2nc3c(s2)c(=O)ncn3Cc2cccc(Cl)c2Cl)CCO1. The average molecular weight is 425 g/mol. The second-order valence-corrected chi connectivity index (χ2v) is 8.83. The lowest BCUT2D eigenvalue weighted by atomic mass is 10.1. The normalized spacial score (nSPS) is 16.8. The minimum atomic E-state index is -0.269. The number of rotatable bonds is 3. The van der Waals surface area contributed by atoms with Crippen LogP contribution in [0.5, 0.6) is 0 Å². The molecule has 0 unspecified atom stereocenters. The van der Waals surface area contributed by atoms with Crippen LogP contribution in [0.2, 0.25) is 10.0 Å². The summed E-state index contributed by atoms with van der Waals surface area (Å²) in [6.07, 6.45) is 1.51. The first-order chi connectivity index (χ1) is 12.8. The Balaban J connectivity index is 1.75. The molecule has 0 atom stereocenters. The van der Waals surface area contributed by atoms with E-state index in [1.807, 2.05) is 30.5 Å². The number of morpholine rings is 1. The largest absolute Gasteiger partial charge is 0.372 e. The lowest BCUT2D eigenvalue weighted by Crippen LogP contribution is -2.48. The van der Waals surface area contributed by atoms with E-state index in [4.69, 9.17) is 32.9 Å². The molecule has 9 heteroatoms. The van der Waals surface area contributed by atoms with E-state index in [0.717, 1.165) is 17.2 Å². The van der Waals surface area contributed by atoms with Crippen LogP contribution in [0.25, 0.3) is 10.3 Å². The molecule has 1 aromatic carbocycles. The van der Waals surface area contributed by atoms with Crippen LogP contribution in [-0.2, 0) is 11.3 Å². The van der Waals surface area contributed by atoms with Gasteiger partial charge in [0.25, 0.3) is 5.56 Å². The first-order valence-electron chi connectivity index (χ1n) is 8.52. The Kier molecular flexibility index (Phi) is 4.88. The van der Waals surface area contributed by atoms with Crippen LogP contribution in [0.4, 0.5) is 5.13 Å². The highest BCUT2D eigenvalue weighted by molar-refractivity contribution is 7.22. The summed E-state index contributed by atoms with van der Waals surface area (Å²) in [5.74, 6) is 0. The van der Waals surface area contributed by atoms with Gasteiger partial charge in [0.05, 0.1) is 28.8 Å². The number of fused-ring (bicyclic) bond motifs is 1. The molecule has 0 bridgehead atoms. The molecule has 2 aromatic heterocycles.